The van der Waals surface area contributed by atoms with Crippen molar-refractivity contribution in [2.24, 2.45) is 5.73 Å². The molecule has 0 aromatic carbocycles. The summed E-state index contributed by atoms with van der Waals surface area (Å²) in [6, 6.07) is -1.03. The van der Waals surface area contributed by atoms with Crippen LogP contribution >= 0.6 is 0 Å². The van der Waals surface area contributed by atoms with Crippen molar-refractivity contribution in [2.75, 3.05) is 20.1 Å². The van der Waals surface area contributed by atoms with Crippen LogP contribution in [0.25, 0.3) is 0 Å². The van der Waals surface area contributed by atoms with Gasteiger partial charge in [-0.05, 0) is 27.2 Å². The molecule has 0 aliphatic rings. The molecule has 0 rings (SSSR count). The number of carbonyl (C=O) groups is 4. The number of nitrogens with one attached hydrogen (secondary N) is 2. The maximum atomic E-state index is 12.5. The van der Waals surface area contributed by atoms with Gasteiger partial charge in [-0.3, -0.25) is 14.4 Å². The highest BCUT2D eigenvalue weighted by molar-refractivity contribution is 5.91. The standard InChI is InChI=1S/C26H50N4O5/c1-6-7-8-9-10-11-12-13-14-15-16-17-23(32)29-21(20-22(27)31)24(33)28-18-19-30(5)25(34)35-26(2,3)4/h21H,6-20H2,1-5H3,(H2,27,31)(H,28,33)(H,29,32)/t21-/m1/s1. The number of rotatable bonds is 19. The van der Waals surface area contributed by atoms with Gasteiger partial charge in [0.2, 0.25) is 17.7 Å². The van der Waals surface area contributed by atoms with E-state index in [-0.39, 0.29) is 25.4 Å². The summed E-state index contributed by atoms with van der Waals surface area (Å²) < 4.78 is 5.26. The number of primary amides is 1. The van der Waals surface area contributed by atoms with Gasteiger partial charge in [-0.1, -0.05) is 71.1 Å². The zero-order valence-corrected chi connectivity index (χ0v) is 22.7. The molecule has 0 heterocycles. The third kappa shape index (κ3) is 19.7. The van der Waals surface area contributed by atoms with Crippen LogP contribution in [0.3, 0.4) is 0 Å². The SMILES string of the molecule is CCCCCCCCCCCCCC(=O)N[C@H](CC(N)=O)C(=O)NCCN(C)C(=O)OC(C)(C)C. The minimum atomic E-state index is -1.03. The molecule has 0 aliphatic carbocycles. The summed E-state index contributed by atoms with van der Waals surface area (Å²) in [5, 5.41) is 5.26. The number of amides is 4. The molecule has 0 saturated heterocycles. The van der Waals surface area contributed by atoms with Gasteiger partial charge in [0.25, 0.3) is 0 Å². The first-order valence-electron chi connectivity index (χ1n) is 13.3. The summed E-state index contributed by atoms with van der Waals surface area (Å²) in [6.45, 7) is 7.91. The summed E-state index contributed by atoms with van der Waals surface area (Å²) in [6.07, 6.45) is 12.6. The molecule has 4 amide bonds. The van der Waals surface area contributed by atoms with Gasteiger partial charge in [-0.2, -0.15) is 0 Å². The Morgan fingerprint density at radius 1 is 0.886 bits per heavy atom. The Balaban J connectivity index is 4.19. The second kappa shape index (κ2) is 18.9. The van der Waals surface area contributed by atoms with Crippen molar-refractivity contribution < 1.29 is 23.9 Å². The lowest BCUT2D eigenvalue weighted by Crippen LogP contribution is -2.50. The van der Waals surface area contributed by atoms with Crippen LogP contribution in [0.4, 0.5) is 4.79 Å². The first kappa shape index (κ1) is 32.7. The number of unbranched alkanes of at least 4 members (excludes halogenated alkanes) is 10. The van der Waals surface area contributed by atoms with E-state index in [9.17, 15) is 19.2 Å². The molecule has 204 valence electrons. The molecule has 1 atom stereocenters. The number of nitrogens with zero attached hydrogens (tertiary/aromatic N) is 1. The smallest absolute Gasteiger partial charge is 0.410 e. The predicted molar refractivity (Wildman–Crippen MR) is 139 cm³/mol. The van der Waals surface area contributed by atoms with E-state index in [0.29, 0.717) is 6.42 Å². The molecule has 0 fully saturated rings. The normalized spacial score (nSPS) is 12.0. The van der Waals surface area contributed by atoms with Gasteiger partial charge in [0, 0.05) is 26.6 Å². The molecule has 9 heteroatoms. The van der Waals surface area contributed by atoms with Crippen LogP contribution < -0.4 is 16.4 Å². The molecule has 0 saturated carbocycles. The number of ether oxygens (including phenoxy) is 1. The van der Waals surface area contributed by atoms with Crippen LogP contribution in [0, 0.1) is 0 Å². The summed E-state index contributed by atoms with van der Waals surface area (Å²) in [5.74, 6) is -1.45. The lowest BCUT2D eigenvalue weighted by atomic mass is 10.1. The van der Waals surface area contributed by atoms with E-state index in [1.165, 1.54) is 56.3 Å². The van der Waals surface area contributed by atoms with Crippen LogP contribution in [-0.4, -0.2) is 60.5 Å². The highest BCUT2D eigenvalue weighted by atomic mass is 16.6. The zero-order valence-electron chi connectivity index (χ0n) is 22.7. The van der Waals surface area contributed by atoms with Crippen molar-refractivity contribution in [1.29, 1.82) is 0 Å². The maximum Gasteiger partial charge on any atom is 0.410 e. The minimum Gasteiger partial charge on any atom is -0.444 e. The van der Waals surface area contributed by atoms with Crippen LogP contribution in [0.5, 0.6) is 0 Å². The van der Waals surface area contributed by atoms with Crippen molar-refractivity contribution >= 4 is 23.8 Å². The number of hydrogen-bond donors (Lipinski definition) is 3. The van der Waals surface area contributed by atoms with Gasteiger partial charge < -0.3 is 26.0 Å². The maximum absolute atomic E-state index is 12.5. The van der Waals surface area contributed by atoms with Gasteiger partial charge in [0.05, 0.1) is 6.42 Å². The fourth-order valence-corrected chi connectivity index (χ4v) is 3.53. The van der Waals surface area contributed by atoms with E-state index in [1.54, 1.807) is 27.8 Å². The zero-order chi connectivity index (χ0) is 26.7. The van der Waals surface area contributed by atoms with E-state index in [0.717, 1.165) is 19.3 Å². The summed E-state index contributed by atoms with van der Waals surface area (Å²) in [4.78, 5) is 49.5. The second-order valence-electron chi connectivity index (χ2n) is 10.3. The molecule has 0 radical (unpaired) electrons. The molecule has 0 spiro atoms. The number of carbonyl (C=O) groups excluding carboxylic acids is 4. The summed E-state index contributed by atoms with van der Waals surface area (Å²) in [7, 11) is 1.57. The first-order chi connectivity index (χ1) is 16.5. The summed E-state index contributed by atoms with van der Waals surface area (Å²) in [5.41, 5.74) is 4.64. The molecule has 35 heavy (non-hydrogen) atoms. The highest BCUT2D eigenvalue weighted by Crippen LogP contribution is 2.12. The quantitative estimate of drug-likeness (QED) is 0.231. The third-order valence-corrected chi connectivity index (χ3v) is 5.52. The number of hydrogen-bond acceptors (Lipinski definition) is 5. The van der Waals surface area contributed by atoms with Crippen LogP contribution in [0.2, 0.25) is 0 Å². The van der Waals surface area contributed by atoms with Crippen LogP contribution in [-0.2, 0) is 19.1 Å². The molecular weight excluding hydrogens is 448 g/mol. The lowest BCUT2D eigenvalue weighted by Gasteiger charge is -2.25. The number of nitrogens with two attached hydrogens (primary N) is 1. The second-order valence-corrected chi connectivity index (χ2v) is 10.3. The van der Waals surface area contributed by atoms with Crippen molar-refractivity contribution in [3.05, 3.63) is 0 Å². The topological polar surface area (TPSA) is 131 Å². The minimum absolute atomic E-state index is 0.151. The highest BCUT2D eigenvalue weighted by Gasteiger charge is 2.23. The lowest BCUT2D eigenvalue weighted by molar-refractivity contribution is -0.131. The Hall–Kier alpha value is -2.32. The molecule has 4 N–H and O–H groups in total. The molecule has 0 aromatic heterocycles. The Morgan fingerprint density at radius 3 is 1.89 bits per heavy atom. The van der Waals surface area contributed by atoms with E-state index in [2.05, 4.69) is 17.6 Å². The molecular formula is C26H50N4O5. The van der Waals surface area contributed by atoms with Gasteiger partial charge in [0.1, 0.15) is 11.6 Å². The van der Waals surface area contributed by atoms with Crippen molar-refractivity contribution in [3.8, 4) is 0 Å². The average molecular weight is 499 g/mol. The Labute approximate surface area is 212 Å². The molecule has 0 unspecified atom stereocenters. The Kier molecular flexibility index (Phi) is 17.7. The Morgan fingerprint density at radius 2 is 1.40 bits per heavy atom. The average Bonchev–Trinajstić information content (AvgIpc) is 2.75. The van der Waals surface area contributed by atoms with Crippen molar-refractivity contribution in [3.63, 3.8) is 0 Å². The van der Waals surface area contributed by atoms with Gasteiger partial charge >= 0.3 is 6.09 Å². The fraction of sp³-hybridized carbons (Fsp3) is 0.846. The Bertz CT molecular complexity index is 634. The third-order valence-electron chi connectivity index (χ3n) is 5.52. The summed E-state index contributed by atoms with van der Waals surface area (Å²) >= 11 is 0. The van der Waals surface area contributed by atoms with E-state index < -0.39 is 29.6 Å². The largest absolute Gasteiger partial charge is 0.444 e. The van der Waals surface area contributed by atoms with Crippen molar-refractivity contribution in [1.82, 2.24) is 15.5 Å². The first-order valence-corrected chi connectivity index (χ1v) is 13.3. The van der Waals surface area contributed by atoms with Gasteiger partial charge in [0.15, 0.2) is 0 Å². The van der Waals surface area contributed by atoms with Crippen LogP contribution in [0.15, 0.2) is 0 Å². The fourth-order valence-electron chi connectivity index (χ4n) is 3.53. The predicted octanol–water partition coefficient (Wildman–Crippen LogP) is 4.03. The van der Waals surface area contributed by atoms with E-state index in [4.69, 9.17) is 10.5 Å². The molecule has 0 aromatic rings. The van der Waals surface area contributed by atoms with Crippen molar-refractivity contribution in [2.45, 2.75) is 123 Å². The molecule has 0 bridgehead atoms. The van der Waals surface area contributed by atoms with E-state index >= 15 is 0 Å². The molecule has 0 aliphatic heterocycles. The monoisotopic (exact) mass is 498 g/mol. The number of likely N-dealkylation sites (N-methyl/N-ethyl adjacent to an activating group) is 1. The molecule has 9 nitrogen and oxygen atoms in total. The van der Waals surface area contributed by atoms with Crippen LogP contribution in [0.1, 0.15) is 111 Å². The van der Waals surface area contributed by atoms with Gasteiger partial charge in [-0.25, -0.2) is 4.79 Å². The van der Waals surface area contributed by atoms with E-state index in [1.807, 2.05) is 0 Å². The van der Waals surface area contributed by atoms with Gasteiger partial charge in [-0.15, -0.1) is 0 Å².